The number of carbonyl (C=O) groups is 1. The van der Waals surface area contributed by atoms with E-state index in [-0.39, 0.29) is 23.9 Å². The van der Waals surface area contributed by atoms with Gasteiger partial charge in [-0.2, -0.15) is 9.40 Å². The molecule has 3 heterocycles. The van der Waals surface area contributed by atoms with Gasteiger partial charge in [0.05, 0.1) is 22.3 Å². The van der Waals surface area contributed by atoms with Gasteiger partial charge in [-0.3, -0.25) is 9.89 Å². The molecule has 1 saturated heterocycles. The normalized spacial score (nSPS) is 16.7. The van der Waals surface area contributed by atoms with E-state index in [9.17, 15) is 13.2 Å². The van der Waals surface area contributed by atoms with Gasteiger partial charge in [0, 0.05) is 37.8 Å². The number of H-pyrrole nitrogens is 1. The van der Waals surface area contributed by atoms with E-state index in [4.69, 9.17) is 9.47 Å². The van der Waals surface area contributed by atoms with Crippen LogP contribution in [0.4, 0.5) is 0 Å². The van der Waals surface area contributed by atoms with Gasteiger partial charge in [-0.1, -0.05) is 30.3 Å². The molecule has 3 aromatic rings. The highest BCUT2D eigenvalue weighted by Gasteiger charge is 2.32. The van der Waals surface area contributed by atoms with Crippen molar-refractivity contribution in [2.45, 2.75) is 4.90 Å². The van der Waals surface area contributed by atoms with Crippen molar-refractivity contribution in [2.24, 2.45) is 0 Å². The Morgan fingerprint density at radius 3 is 2.41 bits per heavy atom. The predicted octanol–water partition coefficient (Wildman–Crippen LogP) is 1.99. The number of aromatic nitrogens is 2. The van der Waals surface area contributed by atoms with Gasteiger partial charge < -0.3 is 14.4 Å². The summed E-state index contributed by atoms with van der Waals surface area (Å²) in [7, 11) is -3.71. The van der Waals surface area contributed by atoms with Crippen LogP contribution in [0.15, 0.2) is 59.6 Å². The van der Waals surface area contributed by atoms with Crippen LogP contribution in [0.5, 0.6) is 11.5 Å². The number of ether oxygens (including phenoxy) is 2. The number of carbonyl (C=O) groups excluding carboxylic acids is 1. The number of benzene rings is 2. The summed E-state index contributed by atoms with van der Waals surface area (Å²) in [5, 5.41) is 6.94. The molecule has 1 N–H and O–H groups in total. The maximum Gasteiger partial charge on any atom is 0.257 e. The van der Waals surface area contributed by atoms with Crippen LogP contribution in [0.1, 0.15) is 10.4 Å². The van der Waals surface area contributed by atoms with E-state index in [1.807, 2.05) is 30.3 Å². The molecule has 1 aromatic heterocycles. The number of aromatic amines is 1. The molecular weight excluding hydrogens is 432 g/mol. The first-order chi connectivity index (χ1) is 15.5. The summed E-state index contributed by atoms with van der Waals surface area (Å²) >= 11 is 0. The highest BCUT2D eigenvalue weighted by Crippen LogP contribution is 2.33. The quantitative estimate of drug-likeness (QED) is 0.647. The minimum atomic E-state index is -3.71. The number of fused-ring (bicyclic) bond motifs is 1. The number of rotatable bonds is 4. The van der Waals surface area contributed by atoms with Crippen molar-refractivity contribution in [3.63, 3.8) is 0 Å². The van der Waals surface area contributed by atoms with E-state index in [0.717, 1.165) is 5.56 Å². The van der Waals surface area contributed by atoms with Crippen LogP contribution in [-0.4, -0.2) is 73.1 Å². The SMILES string of the molecule is O=C(c1cn[nH]c1-c1ccccc1)N1CCN(S(=O)(=O)c2ccc3c(c2)OCCO3)CC1. The summed E-state index contributed by atoms with van der Waals surface area (Å²) in [6.45, 7) is 1.83. The lowest BCUT2D eigenvalue weighted by Crippen LogP contribution is -2.50. The fraction of sp³-hybridized carbons (Fsp3) is 0.273. The average molecular weight is 455 g/mol. The predicted molar refractivity (Wildman–Crippen MR) is 116 cm³/mol. The molecule has 2 aliphatic heterocycles. The summed E-state index contributed by atoms with van der Waals surface area (Å²) in [6.07, 6.45) is 1.52. The second-order valence-electron chi connectivity index (χ2n) is 7.53. The number of piperazine rings is 1. The van der Waals surface area contributed by atoms with E-state index in [1.165, 1.54) is 22.6 Å². The van der Waals surface area contributed by atoms with Crippen LogP contribution in [-0.2, 0) is 10.0 Å². The lowest BCUT2D eigenvalue weighted by atomic mass is 10.1. The second-order valence-corrected chi connectivity index (χ2v) is 9.46. The molecule has 1 amide bonds. The van der Waals surface area contributed by atoms with Crippen molar-refractivity contribution in [3.8, 4) is 22.8 Å². The summed E-state index contributed by atoms with van der Waals surface area (Å²) in [5.74, 6) is 0.800. The minimum Gasteiger partial charge on any atom is -0.486 e. The highest BCUT2D eigenvalue weighted by molar-refractivity contribution is 7.89. The summed E-state index contributed by atoms with van der Waals surface area (Å²) < 4.78 is 38.6. The Labute approximate surface area is 185 Å². The van der Waals surface area contributed by atoms with E-state index < -0.39 is 10.0 Å². The number of amides is 1. The van der Waals surface area contributed by atoms with Crippen LogP contribution in [0.2, 0.25) is 0 Å². The van der Waals surface area contributed by atoms with Crippen molar-refractivity contribution in [1.29, 1.82) is 0 Å². The van der Waals surface area contributed by atoms with Crippen molar-refractivity contribution in [1.82, 2.24) is 19.4 Å². The maximum atomic E-state index is 13.1. The average Bonchev–Trinajstić information content (AvgIpc) is 3.34. The number of nitrogens with one attached hydrogen (secondary N) is 1. The molecule has 10 heteroatoms. The number of hydrogen-bond acceptors (Lipinski definition) is 6. The van der Waals surface area contributed by atoms with Gasteiger partial charge >= 0.3 is 0 Å². The molecule has 0 unspecified atom stereocenters. The largest absolute Gasteiger partial charge is 0.486 e. The number of hydrogen-bond donors (Lipinski definition) is 1. The zero-order valence-corrected chi connectivity index (χ0v) is 18.0. The van der Waals surface area contributed by atoms with Gasteiger partial charge in [0.15, 0.2) is 11.5 Å². The van der Waals surface area contributed by atoms with Crippen molar-refractivity contribution >= 4 is 15.9 Å². The van der Waals surface area contributed by atoms with Gasteiger partial charge in [-0.15, -0.1) is 0 Å². The zero-order valence-electron chi connectivity index (χ0n) is 17.2. The van der Waals surface area contributed by atoms with E-state index >= 15 is 0 Å². The highest BCUT2D eigenvalue weighted by atomic mass is 32.2. The Kier molecular flexibility index (Phi) is 5.32. The smallest absolute Gasteiger partial charge is 0.257 e. The standard InChI is InChI=1S/C22H22N4O5S/c27-22(18-15-23-24-21(18)16-4-2-1-3-5-16)25-8-10-26(11-9-25)32(28,29)17-6-7-19-20(14-17)31-13-12-30-19/h1-7,14-15H,8-13H2,(H,23,24). The molecule has 0 atom stereocenters. The van der Waals surface area contributed by atoms with Gasteiger partial charge in [-0.05, 0) is 12.1 Å². The molecular formula is C22H22N4O5S. The van der Waals surface area contributed by atoms with Crippen LogP contribution < -0.4 is 9.47 Å². The first-order valence-electron chi connectivity index (χ1n) is 10.3. The van der Waals surface area contributed by atoms with Gasteiger partial charge in [-0.25, -0.2) is 8.42 Å². The third-order valence-corrected chi connectivity index (χ3v) is 7.50. The minimum absolute atomic E-state index is 0.155. The molecule has 2 aliphatic rings. The molecule has 9 nitrogen and oxygen atoms in total. The summed E-state index contributed by atoms with van der Waals surface area (Å²) in [6, 6.07) is 14.1. The summed E-state index contributed by atoms with van der Waals surface area (Å²) in [5.41, 5.74) is 1.99. The molecule has 2 aromatic carbocycles. The Hall–Kier alpha value is -3.37. The Balaban J connectivity index is 1.29. The molecule has 166 valence electrons. The van der Waals surface area contributed by atoms with Crippen molar-refractivity contribution in [3.05, 3.63) is 60.3 Å². The van der Waals surface area contributed by atoms with Crippen molar-refractivity contribution in [2.75, 3.05) is 39.4 Å². The monoisotopic (exact) mass is 454 g/mol. The molecule has 1 fully saturated rings. The van der Waals surface area contributed by atoms with Crippen LogP contribution in [0.3, 0.4) is 0 Å². The third kappa shape index (κ3) is 3.71. The van der Waals surface area contributed by atoms with E-state index in [1.54, 1.807) is 11.0 Å². The number of nitrogens with zero attached hydrogens (tertiary/aromatic N) is 3. The molecule has 0 radical (unpaired) electrons. The third-order valence-electron chi connectivity index (χ3n) is 5.61. The molecule has 32 heavy (non-hydrogen) atoms. The Morgan fingerprint density at radius 2 is 1.66 bits per heavy atom. The lowest BCUT2D eigenvalue weighted by Gasteiger charge is -2.34. The fourth-order valence-electron chi connectivity index (χ4n) is 3.91. The summed E-state index contributed by atoms with van der Waals surface area (Å²) in [4.78, 5) is 14.9. The van der Waals surface area contributed by atoms with Crippen LogP contribution in [0.25, 0.3) is 11.3 Å². The van der Waals surface area contributed by atoms with E-state index in [2.05, 4.69) is 10.2 Å². The molecule has 0 aliphatic carbocycles. The first kappa shape index (κ1) is 20.5. The number of sulfonamides is 1. The van der Waals surface area contributed by atoms with Gasteiger partial charge in [0.25, 0.3) is 5.91 Å². The molecule has 0 saturated carbocycles. The van der Waals surface area contributed by atoms with Gasteiger partial charge in [0.1, 0.15) is 13.2 Å². The molecule has 5 rings (SSSR count). The Bertz CT molecular complexity index is 1230. The second kappa shape index (κ2) is 8.29. The van der Waals surface area contributed by atoms with Gasteiger partial charge in [0.2, 0.25) is 10.0 Å². The molecule has 0 bridgehead atoms. The lowest BCUT2D eigenvalue weighted by molar-refractivity contribution is 0.0698. The fourth-order valence-corrected chi connectivity index (χ4v) is 5.35. The van der Waals surface area contributed by atoms with Crippen LogP contribution in [0, 0.1) is 0 Å². The maximum absolute atomic E-state index is 13.1. The first-order valence-corrected chi connectivity index (χ1v) is 11.8. The van der Waals surface area contributed by atoms with E-state index in [0.29, 0.717) is 49.1 Å². The van der Waals surface area contributed by atoms with Crippen molar-refractivity contribution < 1.29 is 22.7 Å². The van der Waals surface area contributed by atoms with Crippen LogP contribution >= 0.6 is 0 Å². The zero-order chi connectivity index (χ0) is 22.1. The topological polar surface area (TPSA) is 105 Å². The molecule has 0 spiro atoms. The Morgan fingerprint density at radius 1 is 0.938 bits per heavy atom.